The van der Waals surface area contributed by atoms with E-state index >= 15 is 0 Å². The molecule has 0 unspecified atom stereocenters. The summed E-state index contributed by atoms with van der Waals surface area (Å²) in [6.45, 7) is 1.03. The van der Waals surface area contributed by atoms with E-state index in [0.717, 1.165) is 19.3 Å². The van der Waals surface area contributed by atoms with Crippen molar-refractivity contribution in [3.05, 3.63) is 59.9 Å². The number of aromatic nitrogens is 2. The Bertz CT molecular complexity index is 1440. The number of halogens is 3. The molecule has 0 radical (unpaired) electrons. The first-order valence-electron chi connectivity index (χ1n) is 11.5. The molecule has 1 aromatic heterocycles. The molecule has 198 valence electrons. The highest BCUT2D eigenvalue weighted by atomic mass is 32.2. The monoisotopic (exact) mass is 554 g/mol. The summed E-state index contributed by atoms with van der Waals surface area (Å²) in [4.78, 5) is 9.67. The third-order valence-corrected chi connectivity index (χ3v) is 8.11. The summed E-state index contributed by atoms with van der Waals surface area (Å²) in [7, 11) is -5.10. The molecule has 13 heteroatoms. The molecule has 1 saturated heterocycles. The fourth-order valence-corrected chi connectivity index (χ4v) is 5.46. The highest BCUT2D eigenvalue weighted by Gasteiger charge is 2.37. The van der Waals surface area contributed by atoms with Crippen LogP contribution in [0.1, 0.15) is 30.7 Å². The Hall–Kier alpha value is -3.03. The van der Waals surface area contributed by atoms with Gasteiger partial charge in [-0.15, -0.1) is 0 Å². The van der Waals surface area contributed by atoms with Crippen molar-refractivity contribution in [2.75, 3.05) is 25.0 Å². The Morgan fingerprint density at radius 2 is 1.51 bits per heavy atom. The third kappa shape index (κ3) is 6.11. The summed E-state index contributed by atoms with van der Waals surface area (Å²) < 4.78 is 90.6. The molecule has 4 rings (SSSR count). The predicted octanol–water partition coefficient (Wildman–Crippen LogP) is 3.84. The Morgan fingerprint density at radius 3 is 2.05 bits per heavy atom. The number of rotatable bonds is 7. The molecule has 2 aromatic carbocycles. The minimum Gasteiger partial charge on any atom is -0.356 e. The van der Waals surface area contributed by atoms with Crippen molar-refractivity contribution >= 4 is 26.5 Å². The number of anilines is 1. The summed E-state index contributed by atoms with van der Waals surface area (Å²) >= 11 is 0. The Kier molecular flexibility index (Phi) is 7.85. The van der Waals surface area contributed by atoms with E-state index < -0.39 is 32.7 Å². The van der Waals surface area contributed by atoms with E-state index in [9.17, 15) is 30.0 Å². The van der Waals surface area contributed by atoms with E-state index in [4.69, 9.17) is 0 Å². The van der Waals surface area contributed by atoms with Crippen molar-refractivity contribution in [2.24, 2.45) is 0 Å². The minimum absolute atomic E-state index is 0.00345. The van der Waals surface area contributed by atoms with E-state index in [1.807, 2.05) is 0 Å². The van der Waals surface area contributed by atoms with Gasteiger partial charge >= 0.3 is 6.18 Å². The number of alkyl halides is 3. The summed E-state index contributed by atoms with van der Waals surface area (Å²) in [5, 5.41) is 0. The molecule has 0 aliphatic carbocycles. The first-order chi connectivity index (χ1) is 17.5. The fraction of sp³-hybridized carbons (Fsp3) is 0.333. The lowest BCUT2D eigenvalue weighted by atomic mass is 9.97. The number of hydrogen-bond acceptors (Lipinski definition) is 7. The van der Waals surface area contributed by atoms with Crippen LogP contribution in [0.4, 0.5) is 19.0 Å². The average Bonchev–Trinajstić information content (AvgIpc) is 2.88. The summed E-state index contributed by atoms with van der Waals surface area (Å²) in [5.41, 5.74) is 1.64. The van der Waals surface area contributed by atoms with Crippen LogP contribution in [0, 0.1) is 0 Å². The van der Waals surface area contributed by atoms with Gasteiger partial charge in [0.15, 0.2) is 0 Å². The zero-order valence-corrected chi connectivity index (χ0v) is 21.5. The zero-order valence-electron chi connectivity index (χ0n) is 19.8. The quantitative estimate of drug-likeness (QED) is 0.427. The molecule has 8 nitrogen and oxygen atoms in total. The van der Waals surface area contributed by atoms with E-state index in [-0.39, 0.29) is 22.2 Å². The number of piperidine rings is 1. The number of sulfonamides is 1. The van der Waals surface area contributed by atoms with Crippen LogP contribution in [0.15, 0.2) is 53.4 Å². The Morgan fingerprint density at radius 1 is 0.919 bits per heavy atom. The normalized spacial score (nSPS) is 14.8. The number of hydrogen-bond donors (Lipinski definition) is 2. The van der Waals surface area contributed by atoms with Gasteiger partial charge in [-0.25, -0.2) is 31.5 Å². The minimum atomic E-state index is -4.80. The maximum Gasteiger partial charge on any atom is 0.451 e. The molecule has 1 aliphatic rings. The smallest absolute Gasteiger partial charge is 0.356 e. The molecule has 0 spiro atoms. The average molecular weight is 555 g/mol. The van der Waals surface area contributed by atoms with Crippen molar-refractivity contribution < 1.29 is 30.0 Å². The topological polar surface area (TPSA) is 109 Å². The van der Waals surface area contributed by atoms with Gasteiger partial charge in [-0.3, -0.25) is 0 Å². The molecule has 2 heterocycles. The lowest BCUT2D eigenvalue weighted by molar-refractivity contribution is -0.144. The van der Waals surface area contributed by atoms with Crippen LogP contribution in [-0.2, 0) is 32.7 Å². The first kappa shape index (κ1) is 27.0. The largest absolute Gasteiger partial charge is 0.451 e. The maximum atomic E-state index is 13.9. The van der Waals surface area contributed by atoms with Gasteiger partial charge in [0, 0.05) is 18.7 Å². The molecule has 0 atom stereocenters. The number of nitrogens with one attached hydrogen (secondary N) is 1. The van der Waals surface area contributed by atoms with Crippen molar-refractivity contribution in [3.63, 3.8) is 0 Å². The molecular formula is C24H25F3N4O4S2. The molecule has 1 aliphatic heterocycles. The van der Waals surface area contributed by atoms with Crippen molar-refractivity contribution in [2.45, 2.75) is 36.1 Å². The Labute approximate surface area is 214 Å². The standard InChI is InChI=1S/C24H25F3N4O4S2/c1-28-37(34,35)19-11-9-17(10-12-19)20-21(18-7-5-16(6-8-18)15-36(32)33)29-23(24(25,26)27)30-22(20)31-13-3-2-4-14-31/h5-12,28,36H,2-4,13-15H2,1H3. The van der Waals surface area contributed by atoms with Crippen LogP contribution < -0.4 is 9.62 Å². The second kappa shape index (κ2) is 10.8. The lowest BCUT2D eigenvalue weighted by Gasteiger charge is -2.31. The van der Waals surface area contributed by atoms with Crippen LogP contribution >= 0.6 is 0 Å². The van der Waals surface area contributed by atoms with Crippen LogP contribution in [0.25, 0.3) is 22.4 Å². The molecule has 0 amide bonds. The summed E-state index contributed by atoms with van der Waals surface area (Å²) in [5.74, 6) is -1.36. The number of benzene rings is 2. The van der Waals surface area contributed by atoms with Gasteiger partial charge in [-0.05, 0) is 49.6 Å². The lowest BCUT2D eigenvalue weighted by Crippen LogP contribution is -2.32. The third-order valence-electron chi connectivity index (χ3n) is 6.06. The number of thiol groups is 1. The summed E-state index contributed by atoms with van der Waals surface area (Å²) in [6, 6.07) is 11.9. The second-order valence-corrected chi connectivity index (χ2v) is 11.4. The van der Waals surface area contributed by atoms with Crippen LogP contribution in [0.3, 0.4) is 0 Å². The molecule has 1 N–H and O–H groups in total. The van der Waals surface area contributed by atoms with Crippen molar-refractivity contribution in [1.82, 2.24) is 14.7 Å². The first-order valence-corrected chi connectivity index (χ1v) is 14.3. The maximum absolute atomic E-state index is 13.9. The molecule has 0 saturated carbocycles. The second-order valence-electron chi connectivity index (χ2n) is 8.56. The van der Waals surface area contributed by atoms with Crippen molar-refractivity contribution in [1.29, 1.82) is 0 Å². The van der Waals surface area contributed by atoms with Crippen LogP contribution in [-0.4, -0.2) is 46.9 Å². The van der Waals surface area contributed by atoms with Crippen molar-refractivity contribution in [3.8, 4) is 22.4 Å². The highest BCUT2D eigenvalue weighted by Crippen LogP contribution is 2.41. The van der Waals surface area contributed by atoms with Gasteiger partial charge in [-0.1, -0.05) is 36.4 Å². The van der Waals surface area contributed by atoms with Gasteiger partial charge < -0.3 is 4.90 Å². The van der Waals surface area contributed by atoms with Gasteiger partial charge in [0.2, 0.25) is 15.8 Å². The SMILES string of the molecule is CNS(=O)(=O)c1ccc(-c2c(-c3ccc(C[SH](=O)=O)cc3)nc(C(F)(F)F)nc2N2CCCCC2)cc1. The van der Waals surface area contributed by atoms with E-state index in [1.54, 1.807) is 4.90 Å². The fourth-order valence-electron chi connectivity index (χ4n) is 4.22. The highest BCUT2D eigenvalue weighted by molar-refractivity contribution is 7.89. The van der Waals surface area contributed by atoms with Crippen LogP contribution in [0.5, 0.6) is 0 Å². The van der Waals surface area contributed by atoms with Gasteiger partial charge in [-0.2, -0.15) is 13.2 Å². The van der Waals surface area contributed by atoms with Gasteiger partial charge in [0.1, 0.15) is 16.5 Å². The van der Waals surface area contributed by atoms with E-state index in [1.165, 1.54) is 55.6 Å². The zero-order chi connectivity index (χ0) is 26.8. The molecule has 37 heavy (non-hydrogen) atoms. The summed E-state index contributed by atoms with van der Waals surface area (Å²) in [6.07, 6.45) is -2.26. The van der Waals surface area contributed by atoms with Gasteiger partial charge in [0.25, 0.3) is 0 Å². The Balaban J connectivity index is 1.97. The van der Waals surface area contributed by atoms with Gasteiger partial charge in [0.05, 0.1) is 21.9 Å². The molecule has 0 bridgehead atoms. The molecule has 3 aromatic rings. The van der Waals surface area contributed by atoms with Crippen LogP contribution in [0.2, 0.25) is 0 Å². The molecular weight excluding hydrogens is 529 g/mol. The molecule has 1 fully saturated rings. The van der Waals surface area contributed by atoms with E-state index in [2.05, 4.69) is 14.7 Å². The number of nitrogens with zero attached hydrogens (tertiary/aromatic N) is 3. The van der Waals surface area contributed by atoms with E-state index in [0.29, 0.717) is 35.3 Å². The predicted molar refractivity (Wildman–Crippen MR) is 134 cm³/mol.